The van der Waals surface area contributed by atoms with Crippen LogP contribution in [0.5, 0.6) is 0 Å². The second-order valence-electron chi connectivity index (χ2n) is 7.69. The quantitative estimate of drug-likeness (QED) is 0.640. The molecule has 1 heterocycles. The van der Waals surface area contributed by atoms with Crippen molar-refractivity contribution in [1.29, 1.82) is 0 Å². The molecule has 0 aromatic rings. The predicted octanol–water partition coefficient (Wildman–Crippen LogP) is 4.66. The van der Waals surface area contributed by atoms with Crippen LogP contribution in [-0.4, -0.2) is 74.2 Å². The molecule has 1 saturated heterocycles. The molecule has 0 saturated carbocycles. The van der Waals surface area contributed by atoms with Gasteiger partial charge in [0.05, 0.1) is 13.2 Å². The summed E-state index contributed by atoms with van der Waals surface area (Å²) in [7, 11) is 1.82. The lowest BCUT2D eigenvalue weighted by Crippen LogP contribution is -2.57. The van der Waals surface area contributed by atoms with Gasteiger partial charge in [0.1, 0.15) is 0 Å². The van der Waals surface area contributed by atoms with Crippen molar-refractivity contribution < 1.29 is 9.53 Å². The molecule has 1 aliphatic heterocycles. The van der Waals surface area contributed by atoms with Crippen molar-refractivity contribution in [2.24, 2.45) is 5.41 Å². The van der Waals surface area contributed by atoms with Gasteiger partial charge < -0.3 is 15.0 Å². The predicted molar refractivity (Wildman–Crippen MR) is 125 cm³/mol. The van der Waals surface area contributed by atoms with Gasteiger partial charge in [-0.15, -0.1) is 0 Å². The maximum absolute atomic E-state index is 11.9. The molecule has 0 unspecified atom stereocenters. The van der Waals surface area contributed by atoms with Gasteiger partial charge in [-0.05, 0) is 39.7 Å². The van der Waals surface area contributed by atoms with Crippen LogP contribution in [0.4, 0.5) is 0 Å². The normalized spacial score (nSPS) is 14.6. The van der Waals surface area contributed by atoms with Crippen LogP contribution in [0.25, 0.3) is 0 Å². The van der Waals surface area contributed by atoms with E-state index in [1.54, 1.807) is 0 Å². The Balaban J connectivity index is -0.000000946. The van der Waals surface area contributed by atoms with E-state index in [9.17, 15) is 4.79 Å². The first-order chi connectivity index (χ1) is 13.2. The number of ether oxygens (including phenoxy) is 1. The Morgan fingerprint density at radius 1 is 0.929 bits per heavy atom. The van der Waals surface area contributed by atoms with Crippen molar-refractivity contribution in [3.05, 3.63) is 0 Å². The molecule has 1 N–H and O–H groups in total. The van der Waals surface area contributed by atoms with E-state index in [-0.39, 0.29) is 16.9 Å². The van der Waals surface area contributed by atoms with Gasteiger partial charge in [0, 0.05) is 38.3 Å². The summed E-state index contributed by atoms with van der Waals surface area (Å²) in [6.45, 7) is 28.8. The second kappa shape index (κ2) is 18.4. The molecule has 0 bridgehead atoms. The SMILES string of the molecule is CC.CC.CC.CCOCC(C)(C)CC(C)(C)N1CCN(C(=O)CNC)CC1. The number of hydrogen-bond acceptors (Lipinski definition) is 4. The van der Waals surface area contributed by atoms with Gasteiger partial charge in [-0.2, -0.15) is 0 Å². The summed E-state index contributed by atoms with van der Waals surface area (Å²) in [5.74, 6) is 0.205. The lowest BCUT2D eigenvalue weighted by molar-refractivity contribution is -0.133. The van der Waals surface area contributed by atoms with Crippen molar-refractivity contribution in [1.82, 2.24) is 15.1 Å². The van der Waals surface area contributed by atoms with Gasteiger partial charge in [0.15, 0.2) is 0 Å². The zero-order valence-corrected chi connectivity index (χ0v) is 21.4. The first kappa shape index (κ1) is 32.0. The highest BCUT2D eigenvalue weighted by atomic mass is 16.5. The van der Waals surface area contributed by atoms with Crippen LogP contribution < -0.4 is 5.32 Å². The van der Waals surface area contributed by atoms with E-state index in [0.29, 0.717) is 6.54 Å². The molecule has 0 radical (unpaired) electrons. The summed E-state index contributed by atoms with van der Waals surface area (Å²) in [5, 5.41) is 2.94. The largest absolute Gasteiger partial charge is 0.381 e. The van der Waals surface area contributed by atoms with Crippen molar-refractivity contribution in [2.45, 2.75) is 88.1 Å². The van der Waals surface area contributed by atoms with E-state index in [2.05, 4.69) is 37.9 Å². The molecular formula is C23H53N3O2. The third-order valence-corrected chi connectivity index (χ3v) is 4.42. The summed E-state index contributed by atoms with van der Waals surface area (Å²) < 4.78 is 5.63. The van der Waals surface area contributed by atoms with E-state index >= 15 is 0 Å². The molecule has 0 aliphatic carbocycles. The van der Waals surface area contributed by atoms with E-state index < -0.39 is 0 Å². The zero-order valence-electron chi connectivity index (χ0n) is 21.4. The molecule has 0 aromatic heterocycles. The smallest absolute Gasteiger partial charge is 0.236 e. The summed E-state index contributed by atoms with van der Waals surface area (Å²) in [4.78, 5) is 16.4. The van der Waals surface area contributed by atoms with E-state index in [4.69, 9.17) is 4.74 Å². The summed E-state index contributed by atoms with van der Waals surface area (Å²) in [6.07, 6.45) is 1.09. The first-order valence-electron chi connectivity index (χ1n) is 11.5. The minimum atomic E-state index is 0.124. The fourth-order valence-electron chi connectivity index (χ4n) is 3.54. The molecule has 5 nitrogen and oxygen atoms in total. The Hall–Kier alpha value is -0.650. The third kappa shape index (κ3) is 13.5. The Morgan fingerprint density at radius 3 is 1.79 bits per heavy atom. The number of piperazine rings is 1. The monoisotopic (exact) mass is 403 g/mol. The Bertz CT molecular complexity index is 350. The van der Waals surface area contributed by atoms with Crippen LogP contribution in [-0.2, 0) is 9.53 Å². The van der Waals surface area contributed by atoms with Gasteiger partial charge in [0.2, 0.25) is 5.91 Å². The number of rotatable bonds is 8. The van der Waals surface area contributed by atoms with Crippen LogP contribution in [0.15, 0.2) is 0 Å². The summed E-state index contributed by atoms with van der Waals surface area (Å²) >= 11 is 0. The fraction of sp³-hybridized carbons (Fsp3) is 0.957. The average Bonchev–Trinajstić information content (AvgIpc) is 2.70. The molecule has 5 heteroatoms. The van der Waals surface area contributed by atoms with Gasteiger partial charge in [0.25, 0.3) is 0 Å². The Labute approximate surface area is 177 Å². The van der Waals surface area contributed by atoms with Crippen molar-refractivity contribution in [3.8, 4) is 0 Å². The maximum Gasteiger partial charge on any atom is 0.236 e. The van der Waals surface area contributed by atoms with Crippen LogP contribution in [0.3, 0.4) is 0 Å². The molecule has 1 rings (SSSR count). The molecule has 28 heavy (non-hydrogen) atoms. The highest BCUT2D eigenvalue weighted by molar-refractivity contribution is 5.78. The first-order valence-corrected chi connectivity index (χ1v) is 11.5. The number of amides is 1. The van der Waals surface area contributed by atoms with Crippen LogP contribution in [0.2, 0.25) is 0 Å². The van der Waals surface area contributed by atoms with Gasteiger partial charge in [-0.3, -0.25) is 9.69 Å². The standard InChI is InChI=1S/C17H35N3O2.3C2H6/c1-7-22-14-16(2,3)13-17(4,5)20-10-8-19(9-11-20)15(21)12-18-6;3*1-2/h18H,7-14H2,1-6H3;3*1-2H3. The average molecular weight is 404 g/mol. The minimum absolute atomic E-state index is 0.124. The molecular weight excluding hydrogens is 350 g/mol. The van der Waals surface area contributed by atoms with E-state index in [0.717, 1.165) is 45.8 Å². The van der Waals surface area contributed by atoms with Crippen LogP contribution >= 0.6 is 0 Å². The molecule has 1 fully saturated rings. The van der Waals surface area contributed by atoms with Gasteiger partial charge in [-0.1, -0.05) is 55.4 Å². The molecule has 1 amide bonds. The lowest BCUT2D eigenvalue weighted by Gasteiger charge is -2.47. The van der Waals surface area contributed by atoms with Crippen molar-refractivity contribution in [3.63, 3.8) is 0 Å². The fourth-order valence-corrected chi connectivity index (χ4v) is 3.54. The maximum atomic E-state index is 11.9. The topological polar surface area (TPSA) is 44.8 Å². The molecule has 172 valence electrons. The zero-order chi connectivity index (χ0) is 22.8. The summed E-state index contributed by atoms with van der Waals surface area (Å²) in [6, 6.07) is 0. The van der Waals surface area contributed by atoms with Gasteiger partial charge >= 0.3 is 0 Å². The molecule has 0 aromatic carbocycles. The van der Waals surface area contributed by atoms with Crippen LogP contribution in [0.1, 0.15) is 82.6 Å². The van der Waals surface area contributed by atoms with Crippen molar-refractivity contribution >= 4 is 5.91 Å². The minimum Gasteiger partial charge on any atom is -0.381 e. The molecule has 1 aliphatic rings. The molecule has 0 atom stereocenters. The Morgan fingerprint density at radius 2 is 1.39 bits per heavy atom. The molecule has 0 spiro atoms. The Kier molecular flexibility index (Phi) is 21.0. The van der Waals surface area contributed by atoms with E-state index in [1.165, 1.54) is 0 Å². The summed E-state index contributed by atoms with van der Waals surface area (Å²) in [5.41, 5.74) is 0.289. The van der Waals surface area contributed by atoms with Gasteiger partial charge in [-0.25, -0.2) is 0 Å². The lowest BCUT2D eigenvalue weighted by atomic mass is 9.79. The highest BCUT2D eigenvalue weighted by Crippen LogP contribution is 2.32. The number of hydrogen-bond donors (Lipinski definition) is 1. The number of nitrogens with zero attached hydrogens (tertiary/aromatic N) is 2. The third-order valence-electron chi connectivity index (χ3n) is 4.42. The van der Waals surface area contributed by atoms with E-state index in [1.807, 2.05) is 60.4 Å². The number of likely N-dealkylation sites (N-methyl/N-ethyl adjacent to an activating group) is 1. The van der Waals surface area contributed by atoms with Crippen molar-refractivity contribution in [2.75, 3.05) is 53.0 Å². The second-order valence-corrected chi connectivity index (χ2v) is 7.69. The van der Waals surface area contributed by atoms with Crippen LogP contribution in [0, 0.1) is 5.41 Å². The number of nitrogens with one attached hydrogen (secondary N) is 1. The number of carbonyl (C=O) groups is 1. The number of carbonyl (C=O) groups excluding carboxylic acids is 1. The highest BCUT2D eigenvalue weighted by Gasteiger charge is 2.35.